The maximum absolute atomic E-state index is 12.3. The zero-order valence-electron chi connectivity index (χ0n) is 14.1. The number of nitrogens with zero attached hydrogens (tertiary/aromatic N) is 2. The van der Waals surface area contributed by atoms with Crippen LogP contribution in [-0.4, -0.2) is 54.3 Å². The molecule has 1 aliphatic rings. The number of carbonyl (C=O) groups is 2. The lowest BCUT2D eigenvalue weighted by Crippen LogP contribution is -2.50. The fourth-order valence-electron chi connectivity index (χ4n) is 2.81. The van der Waals surface area contributed by atoms with E-state index in [0.717, 1.165) is 24.0 Å². The molecule has 2 amide bonds. The smallest absolute Gasteiger partial charge is 0.251 e. The van der Waals surface area contributed by atoms with Crippen LogP contribution >= 0.6 is 34.5 Å². The molecule has 2 aromatic rings. The van der Waals surface area contributed by atoms with Crippen molar-refractivity contribution >= 4 is 46.4 Å². The molecule has 3 rings (SSSR count). The fraction of sp³-hybridized carbons (Fsp3) is 0.333. The summed E-state index contributed by atoms with van der Waals surface area (Å²) < 4.78 is 0.796. The van der Waals surface area contributed by atoms with Gasteiger partial charge in [0.1, 0.15) is 0 Å². The van der Waals surface area contributed by atoms with Crippen molar-refractivity contribution in [3.05, 3.63) is 56.2 Å². The highest BCUT2D eigenvalue weighted by Crippen LogP contribution is 2.23. The summed E-state index contributed by atoms with van der Waals surface area (Å²) in [5.41, 5.74) is 0.449. The molecule has 0 atom stereocenters. The van der Waals surface area contributed by atoms with E-state index in [4.69, 9.17) is 23.2 Å². The van der Waals surface area contributed by atoms with Crippen molar-refractivity contribution in [2.24, 2.45) is 0 Å². The first-order chi connectivity index (χ1) is 12.5. The molecule has 1 N–H and O–H groups in total. The molecule has 5 nitrogen and oxygen atoms in total. The lowest BCUT2D eigenvalue weighted by Gasteiger charge is -2.34. The van der Waals surface area contributed by atoms with Gasteiger partial charge in [0, 0.05) is 48.2 Å². The van der Waals surface area contributed by atoms with Gasteiger partial charge < -0.3 is 10.2 Å². The molecule has 8 heteroatoms. The van der Waals surface area contributed by atoms with Crippen LogP contribution in [0.1, 0.15) is 15.2 Å². The highest BCUT2D eigenvalue weighted by atomic mass is 35.5. The summed E-state index contributed by atoms with van der Waals surface area (Å²) in [5.74, 6) is -0.367. The van der Waals surface area contributed by atoms with E-state index in [-0.39, 0.29) is 18.4 Å². The van der Waals surface area contributed by atoms with E-state index in [1.54, 1.807) is 40.5 Å². The monoisotopic (exact) mass is 411 g/mol. The van der Waals surface area contributed by atoms with E-state index < -0.39 is 0 Å². The van der Waals surface area contributed by atoms with Crippen LogP contribution in [0.25, 0.3) is 0 Å². The average molecular weight is 412 g/mol. The Kier molecular flexibility index (Phi) is 6.53. The van der Waals surface area contributed by atoms with Crippen molar-refractivity contribution in [3.8, 4) is 0 Å². The van der Waals surface area contributed by atoms with E-state index >= 15 is 0 Å². The van der Waals surface area contributed by atoms with Gasteiger partial charge in [-0.3, -0.25) is 14.5 Å². The molecule has 1 fully saturated rings. The summed E-state index contributed by atoms with van der Waals surface area (Å²) in [7, 11) is 0. The van der Waals surface area contributed by atoms with Crippen molar-refractivity contribution in [3.63, 3.8) is 0 Å². The Bertz CT molecular complexity index is 788. The van der Waals surface area contributed by atoms with Gasteiger partial charge in [-0.1, -0.05) is 29.3 Å². The molecular formula is C18H19Cl2N3O2S. The van der Waals surface area contributed by atoms with Gasteiger partial charge in [0.15, 0.2) is 0 Å². The summed E-state index contributed by atoms with van der Waals surface area (Å²) >= 11 is 13.4. The van der Waals surface area contributed by atoms with E-state index in [9.17, 15) is 9.59 Å². The predicted molar refractivity (Wildman–Crippen MR) is 105 cm³/mol. The number of nitrogens with one attached hydrogen (secondary N) is 1. The van der Waals surface area contributed by atoms with Crippen LogP contribution in [-0.2, 0) is 11.3 Å². The van der Waals surface area contributed by atoms with E-state index in [2.05, 4.69) is 10.2 Å². The Labute approximate surface area is 166 Å². The maximum atomic E-state index is 12.3. The lowest BCUT2D eigenvalue weighted by molar-refractivity contribution is -0.131. The van der Waals surface area contributed by atoms with Gasteiger partial charge in [-0.25, -0.2) is 0 Å². The van der Waals surface area contributed by atoms with Gasteiger partial charge in [-0.15, -0.1) is 11.3 Å². The SMILES string of the molecule is O=C(NCC(=O)N1CCN(Cc2ccc(Cl)s2)CC1)c1cccc(Cl)c1. The van der Waals surface area contributed by atoms with E-state index in [0.29, 0.717) is 23.7 Å². The molecule has 26 heavy (non-hydrogen) atoms. The summed E-state index contributed by atoms with van der Waals surface area (Å²) in [6.45, 7) is 3.78. The van der Waals surface area contributed by atoms with Gasteiger partial charge in [-0.2, -0.15) is 0 Å². The average Bonchev–Trinajstić information content (AvgIpc) is 3.04. The van der Waals surface area contributed by atoms with Crippen LogP contribution in [0.2, 0.25) is 9.36 Å². The van der Waals surface area contributed by atoms with E-state index in [1.807, 2.05) is 12.1 Å². The van der Waals surface area contributed by atoms with Crippen molar-refractivity contribution in [1.29, 1.82) is 0 Å². The minimum atomic E-state index is -0.297. The second kappa shape index (κ2) is 8.86. The number of hydrogen-bond acceptors (Lipinski definition) is 4. The summed E-state index contributed by atoms with van der Waals surface area (Å²) in [6, 6.07) is 10.6. The summed E-state index contributed by atoms with van der Waals surface area (Å²) in [6.07, 6.45) is 0. The molecule has 2 heterocycles. The third-order valence-electron chi connectivity index (χ3n) is 4.22. The maximum Gasteiger partial charge on any atom is 0.251 e. The van der Waals surface area contributed by atoms with Gasteiger partial charge >= 0.3 is 0 Å². The molecule has 0 unspecified atom stereocenters. The number of piperazine rings is 1. The fourth-order valence-corrected chi connectivity index (χ4v) is 4.13. The van der Waals surface area contributed by atoms with Crippen LogP contribution in [0.5, 0.6) is 0 Å². The minimum Gasteiger partial charge on any atom is -0.343 e. The first kappa shape index (κ1) is 19.2. The largest absolute Gasteiger partial charge is 0.343 e. The summed E-state index contributed by atoms with van der Waals surface area (Å²) in [4.78, 5) is 29.7. The highest BCUT2D eigenvalue weighted by molar-refractivity contribution is 7.16. The number of halogens is 2. The normalized spacial score (nSPS) is 15.1. The molecule has 1 aromatic carbocycles. The topological polar surface area (TPSA) is 52.7 Å². The van der Waals surface area contributed by atoms with Gasteiger partial charge in [-0.05, 0) is 30.3 Å². The summed E-state index contributed by atoms with van der Waals surface area (Å²) in [5, 5.41) is 3.15. The molecule has 1 saturated heterocycles. The second-order valence-electron chi connectivity index (χ2n) is 6.06. The molecule has 0 spiro atoms. The lowest BCUT2D eigenvalue weighted by atomic mass is 10.2. The number of rotatable bonds is 5. The third-order valence-corrected chi connectivity index (χ3v) is 5.67. The quantitative estimate of drug-likeness (QED) is 0.821. The zero-order valence-corrected chi connectivity index (χ0v) is 16.4. The Morgan fingerprint density at radius 1 is 1.08 bits per heavy atom. The van der Waals surface area contributed by atoms with Crippen LogP contribution in [0.4, 0.5) is 0 Å². The standard InChI is InChI=1S/C18H19Cl2N3O2S/c19-14-3-1-2-13(10-14)18(25)21-11-17(24)23-8-6-22(7-9-23)12-15-4-5-16(20)26-15/h1-5,10H,6-9,11-12H2,(H,21,25). The number of amides is 2. The van der Waals surface area contributed by atoms with Crippen LogP contribution in [0.3, 0.4) is 0 Å². The Balaban J connectivity index is 1.42. The van der Waals surface area contributed by atoms with Crippen LogP contribution < -0.4 is 5.32 Å². The molecule has 1 aliphatic heterocycles. The van der Waals surface area contributed by atoms with Gasteiger partial charge in [0.25, 0.3) is 5.91 Å². The second-order valence-corrected chi connectivity index (χ2v) is 8.29. The molecule has 0 aliphatic carbocycles. The molecule has 0 bridgehead atoms. The first-order valence-electron chi connectivity index (χ1n) is 8.29. The van der Waals surface area contributed by atoms with E-state index in [1.165, 1.54) is 4.88 Å². The number of hydrogen-bond donors (Lipinski definition) is 1. The zero-order chi connectivity index (χ0) is 18.5. The van der Waals surface area contributed by atoms with Gasteiger partial charge in [0.05, 0.1) is 10.9 Å². The Morgan fingerprint density at radius 2 is 1.85 bits per heavy atom. The van der Waals surface area contributed by atoms with Crippen LogP contribution in [0.15, 0.2) is 36.4 Å². The minimum absolute atomic E-state index is 0.00806. The molecule has 1 aromatic heterocycles. The van der Waals surface area contributed by atoms with Crippen LogP contribution in [0, 0.1) is 0 Å². The Morgan fingerprint density at radius 3 is 2.50 bits per heavy atom. The van der Waals surface area contributed by atoms with Crippen molar-refractivity contribution in [2.45, 2.75) is 6.54 Å². The van der Waals surface area contributed by atoms with Crippen molar-refractivity contribution < 1.29 is 9.59 Å². The van der Waals surface area contributed by atoms with Gasteiger partial charge in [0.2, 0.25) is 5.91 Å². The van der Waals surface area contributed by atoms with Crippen molar-refractivity contribution in [2.75, 3.05) is 32.7 Å². The number of benzene rings is 1. The highest BCUT2D eigenvalue weighted by Gasteiger charge is 2.21. The molecule has 138 valence electrons. The first-order valence-corrected chi connectivity index (χ1v) is 9.86. The third kappa shape index (κ3) is 5.20. The molecule has 0 radical (unpaired) electrons. The molecular weight excluding hydrogens is 393 g/mol. The number of carbonyl (C=O) groups excluding carboxylic acids is 2. The Hall–Kier alpha value is -1.60. The predicted octanol–water partition coefficient (Wildman–Crippen LogP) is 3.13. The van der Waals surface area contributed by atoms with Crippen molar-refractivity contribution in [1.82, 2.24) is 15.1 Å². The molecule has 0 saturated carbocycles. The number of thiophene rings is 1.